The van der Waals surface area contributed by atoms with Gasteiger partial charge in [0.2, 0.25) is 0 Å². The van der Waals surface area contributed by atoms with Crippen LogP contribution in [0.5, 0.6) is 0 Å². The van der Waals surface area contributed by atoms with E-state index in [9.17, 15) is 19.2 Å². The third-order valence-electron chi connectivity index (χ3n) is 11.9. The summed E-state index contributed by atoms with van der Waals surface area (Å²) in [6.07, 6.45) is 0.828. The van der Waals surface area contributed by atoms with E-state index in [0.717, 1.165) is 11.1 Å². The first-order valence-corrected chi connectivity index (χ1v) is 25.8. The van der Waals surface area contributed by atoms with Gasteiger partial charge in [-0.1, -0.05) is 144 Å². The van der Waals surface area contributed by atoms with Crippen molar-refractivity contribution in [3.63, 3.8) is 0 Å². The van der Waals surface area contributed by atoms with Gasteiger partial charge in [0, 0.05) is 39.0 Å². The summed E-state index contributed by atoms with van der Waals surface area (Å²) in [5.74, 6) is -0.731. The average molecular weight is 953 g/mol. The van der Waals surface area contributed by atoms with Crippen molar-refractivity contribution in [2.75, 3.05) is 54.4 Å². The molecule has 1 saturated heterocycles. The van der Waals surface area contributed by atoms with Crippen molar-refractivity contribution in [3.05, 3.63) is 71.8 Å². The first-order valence-electron chi connectivity index (χ1n) is 25.8. The molecular formula is C56H96N4O8. The van der Waals surface area contributed by atoms with E-state index in [0.29, 0.717) is 64.7 Å². The molecule has 1 heterocycles. The van der Waals surface area contributed by atoms with Gasteiger partial charge in [0.05, 0.1) is 0 Å². The molecule has 2 aromatic rings. The zero-order chi connectivity index (χ0) is 51.7. The number of likely N-dealkylation sites (N-methyl/N-ethyl adjacent to an activating group) is 4. The molecule has 0 N–H and O–H groups in total. The van der Waals surface area contributed by atoms with E-state index in [1.54, 1.807) is 0 Å². The van der Waals surface area contributed by atoms with Crippen molar-refractivity contribution in [1.82, 2.24) is 19.6 Å². The van der Waals surface area contributed by atoms with E-state index in [-0.39, 0.29) is 47.5 Å². The van der Waals surface area contributed by atoms with Gasteiger partial charge in [-0.25, -0.2) is 0 Å². The number of hydrogen-bond acceptors (Lipinski definition) is 12. The lowest BCUT2D eigenvalue weighted by molar-refractivity contribution is -0.162. The van der Waals surface area contributed by atoms with Gasteiger partial charge in [0.1, 0.15) is 48.6 Å². The smallest absolute Gasteiger partial charge is 0.323 e. The van der Waals surface area contributed by atoms with Gasteiger partial charge in [0.15, 0.2) is 0 Å². The van der Waals surface area contributed by atoms with E-state index < -0.39 is 48.6 Å². The summed E-state index contributed by atoms with van der Waals surface area (Å²) in [5, 5.41) is 0. The van der Waals surface area contributed by atoms with Crippen molar-refractivity contribution < 1.29 is 38.1 Å². The molecule has 12 nitrogen and oxygen atoms in total. The normalized spacial score (nSPS) is 25.6. The Balaban J connectivity index is 0.00000562. The summed E-state index contributed by atoms with van der Waals surface area (Å²) >= 11 is 0. The summed E-state index contributed by atoms with van der Waals surface area (Å²) in [7, 11) is 7.53. The fourth-order valence-corrected chi connectivity index (χ4v) is 8.73. The number of carbonyl (C=O) groups excluding carboxylic acids is 4. The fourth-order valence-electron chi connectivity index (χ4n) is 8.73. The maximum atomic E-state index is 14.4. The van der Waals surface area contributed by atoms with Crippen LogP contribution in [0.25, 0.3) is 0 Å². The Hall–Kier alpha value is -3.84. The second-order valence-electron chi connectivity index (χ2n) is 20.3. The lowest BCUT2D eigenvalue weighted by Crippen LogP contribution is -2.51. The number of carbonyl (C=O) groups is 4. The Labute approximate surface area is 414 Å². The first-order chi connectivity index (χ1) is 32.1. The molecule has 0 bridgehead atoms. The fraction of sp³-hybridized carbons (Fsp3) is 0.714. The number of nitrogens with zero attached hydrogens (tertiary/aromatic N) is 4. The Morgan fingerprint density at radius 3 is 0.897 bits per heavy atom. The van der Waals surface area contributed by atoms with Gasteiger partial charge in [-0.2, -0.15) is 0 Å². The maximum absolute atomic E-state index is 14.4. The number of esters is 4. The topological polar surface area (TPSA) is 118 Å². The van der Waals surface area contributed by atoms with Crippen LogP contribution < -0.4 is 0 Å². The van der Waals surface area contributed by atoms with Gasteiger partial charge in [-0.05, 0) is 103 Å². The minimum absolute atomic E-state index is 0.175. The monoisotopic (exact) mass is 953 g/mol. The van der Waals surface area contributed by atoms with Gasteiger partial charge < -0.3 is 18.9 Å². The SMILES string of the molecule is CC.CC.CC(C)C[C@H]1C(=O)O[C@H](Cc2ccccc2)CN(C)[C@@H](CC(C)C)C(=O)O[C@H](C)CN(C)[C@@H](CC(C)C)C(=O)O[C@H](Cc2ccccc2)CN(C)[C@@H](CC(C)C)C(=O)O[C@H](C)CN1C. The molecule has 0 saturated carbocycles. The molecule has 68 heavy (non-hydrogen) atoms. The van der Waals surface area contributed by atoms with Crippen molar-refractivity contribution in [1.29, 1.82) is 0 Å². The largest absolute Gasteiger partial charge is 0.460 e. The highest BCUT2D eigenvalue weighted by atomic mass is 16.6. The van der Waals surface area contributed by atoms with E-state index in [4.69, 9.17) is 18.9 Å². The molecule has 0 aromatic heterocycles. The molecule has 12 heteroatoms. The van der Waals surface area contributed by atoms with Crippen LogP contribution in [0.2, 0.25) is 0 Å². The molecule has 0 unspecified atom stereocenters. The zero-order valence-electron chi connectivity index (χ0n) is 45.8. The van der Waals surface area contributed by atoms with Gasteiger partial charge >= 0.3 is 23.9 Å². The molecule has 0 radical (unpaired) electrons. The van der Waals surface area contributed by atoms with Crippen LogP contribution in [0.4, 0.5) is 0 Å². The number of cyclic esters (lactones) is 4. The highest BCUT2D eigenvalue weighted by Crippen LogP contribution is 2.23. The Morgan fingerprint density at radius 1 is 0.412 bits per heavy atom. The van der Waals surface area contributed by atoms with Gasteiger partial charge in [-0.3, -0.25) is 38.8 Å². The van der Waals surface area contributed by atoms with Crippen molar-refractivity contribution in [2.45, 2.75) is 184 Å². The van der Waals surface area contributed by atoms with E-state index in [2.05, 4.69) is 55.4 Å². The van der Waals surface area contributed by atoms with Crippen LogP contribution >= 0.6 is 0 Å². The number of rotatable bonds is 12. The van der Waals surface area contributed by atoms with E-state index in [1.165, 1.54) is 0 Å². The van der Waals surface area contributed by atoms with Gasteiger partial charge in [0.25, 0.3) is 0 Å². The Bertz CT molecular complexity index is 1550. The molecule has 1 fully saturated rings. The minimum Gasteiger partial charge on any atom is -0.460 e. The first kappa shape index (κ1) is 62.2. The van der Waals surface area contributed by atoms with Crippen LogP contribution in [0.3, 0.4) is 0 Å². The molecule has 0 spiro atoms. The summed E-state index contributed by atoms with van der Waals surface area (Å²) in [4.78, 5) is 65.0. The molecule has 2 aromatic carbocycles. The Kier molecular flexibility index (Phi) is 30.1. The van der Waals surface area contributed by atoms with Crippen molar-refractivity contribution in [3.8, 4) is 0 Å². The van der Waals surface area contributed by atoms with Crippen LogP contribution in [0, 0.1) is 23.7 Å². The lowest BCUT2D eigenvalue weighted by atomic mass is 10.0. The summed E-state index contributed by atoms with van der Waals surface area (Å²) in [6.45, 7) is 29.5. The van der Waals surface area contributed by atoms with E-state index >= 15 is 0 Å². The van der Waals surface area contributed by atoms with Gasteiger partial charge in [-0.15, -0.1) is 0 Å². The summed E-state index contributed by atoms with van der Waals surface area (Å²) in [5.41, 5.74) is 2.02. The molecule has 0 aliphatic carbocycles. The quantitative estimate of drug-likeness (QED) is 0.149. The molecule has 8 atom stereocenters. The zero-order valence-corrected chi connectivity index (χ0v) is 45.8. The highest BCUT2D eigenvalue weighted by molar-refractivity contribution is 5.78. The number of ether oxygens (including phenoxy) is 4. The predicted octanol–water partition coefficient (Wildman–Crippen LogP) is 9.61. The molecule has 0 amide bonds. The van der Waals surface area contributed by atoms with Crippen molar-refractivity contribution in [2.24, 2.45) is 23.7 Å². The number of hydrogen-bond donors (Lipinski definition) is 0. The molecule has 388 valence electrons. The molecule has 1 aliphatic heterocycles. The second kappa shape index (κ2) is 32.9. The Morgan fingerprint density at radius 2 is 0.647 bits per heavy atom. The van der Waals surface area contributed by atoms with Crippen LogP contribution in [0.15, 0.2) is 60.7 Å². The van der Waals surface area contributed by atoms with Crippen LogP contribution in [0.1, 0.15) is 134 Å². The maximum Gasteiger partial charge on any atom is 0.323 e. The standard InChI is InChI=1S/C52H84N4O8.2C2H6/c1-35(2)25-45-49(57)61-39(9)31-53(11)48(28-38(7)8)52(60)64-44(30-42-23-19-16-20-24-42)34-56(14)46(26-36(3)4)50(58)62-40(10)32-54(12)47(27-37(5)6)51(59)63-43(33-55(45)13)29-41-21-17-15-18-22-41;2*1-2/h15-24,35-40,43-48H,25-34H2,1-14H3;2*1-2H3/t39-,40-,43-,44-,45+,46+,47+,48+;;/m1../s1. The van der Waals surface area contributed by atoms with Crippen LogP contribution in [-0.4, -0.2) is 146 Å². The molecule has 1 aliphatic rings. The minimum atomic E-state index is -0.605. The third kappa shape index (κ3) is 23.2. The second-order valence-corrected chi connectivity index (χ2v) is 20.3. The predicted molar refractivity (Wildman–Crippen MR) is 277 cm³/mol. The third-order valence-corrected chi connectivity index (χ3v) is 11.9. The molecular weight excluding hydrogens is 857 g/mol. The summed E-state index contributed by atoms with van der Waals surface area (Å²) < 4.78 is 25.4. The van der Waals surface area contributed by atoms with Crippen molar-refractivity contribution >= 4 is 23.9 Å². The average Bonchev–Trinajstić information content (AvgIpc) is 3.26. The highest BCUT2D eigenvalue weighted by Gasteiger charge is 2.36. The van der Waals surface area contributed by atoms with Crippen LogP contribution in [-0.2, 0) is 51.0 Å². The molecule has 3 rings (SSSR count). The van der Waals surface area contributed by atoms with E-state index in [1.807, 2.05) is 150 Å². The lowest BCUT2D eigenvalue weighted by Gasteiger charge is -2.36. The summed E-state index contributed by atoms with van der Waals surface area (Å²) in [6, 6.07) is 17.4. The number of benzene rings is 2.